The number of hydrogen-bond acceptors (Lipinski definition) is 4. The fourth-order valence-electron chi connectivity index (χ4n) is 2.44. The smallest absolute Gasteiger partial charge is 0.253 e. The maximum Gasteiger partial charge on any atom is 0.253 e. The molecule has 2 rings (SSSR count). The van der Waals surface area contributed by atoms with Crippen LogP contribution in [-0.4, -0.2) is 31.6 Å². The van der Waals surface area contributed by atoms with Gasteiger partial charge in [0.25, 0.3) is 10.0 Å². The predicted octanol–water partition coefficient (Wildman–Crippen LogP) is 1.42. The number of hydrazine groups is 1. The van der Waals surface area contributed by atoms with Crippen molar-refractivity contribution in [2.75, 3.05) is 13.1 Å². The second-order valence-electron chi connectivity index (χ2n) is 5.10. The number of aliphatic hydroxyl groups excluding tert-OH is 1. The summed E-state index contributed by atoms with van der Waals surface area (Å²) in [5.74, 6) is 0. The Morgan fingerprint density at radius 2 is 1.95 bits per heavy atom. The number of aliphatic hydroxyl groups is 1. The number of piperidine rings is 1. The summed E-state index contributed by atoms with van der Waals surface area (Å²) in [4.78, 5) is 2.94. The lowest BCUT2D eigenvalue weighted by Gasteiger charge is -2.27. The van der Waals surface area contributed by atoms with Crippen LogP contribution in [0.4, 0.5) is 0 Å². The van der Waals surface area contributed by atoms with Crippen molar-refractivity contribution in [2.24, 2.45) is 0 Å². The van der Waals surface area contributed by atoms with Gasteiger partial charge < -0.3 is 5.11 Å². The first-order valence-electron chi connectivity index (χ1n) is 7.07. The number of rotatable bonds is 5. The normalized spacial score (nSPS) is 17.3. The second kappa shape index (κ2) is 6.67. The van der Waals surface area contributed by atoms with E-state index in [4.69, 9.17) is 0 Å². The molecule has 112 valence electrons. The fraction of sp³-hybridized carbons (Fsp3) is 0.571. The molecule has 0 aromatic heterocycles. The van der Waals surface area contributed by atoms with E-state index < -0.39 is 10.0 Å². The largest absolute Gasteiger partial charge is 0.392 e. The van der Waals surface area contributed by atoms with Gasteiger partial charge in [-0.15, -0.1) is 4.83 Å². The van der Waals surface area contributed by atoms with Crippen molar-refractivity contribution in [1.82, 2.24) is 9.84 Å². The Balaban J connectivity index is 2.27. The van der Waals surface area contributed by atoms with E-state index in [0.717, 1.165) is 37.9 Å². The third-order valence-electron chi connectivity index (χ3n) is 3.59. The van der Waals surface area contributed by atoms with Crippen molar-refractivity contribution in [2.45, 2.75) is 44.1 Å². The van der Waals surface area contributed by atoms with Crippen molar-refractivity contribution < 1.29 is 13.5 Å². The molecular weight excluding hydrogens is 276 g/mol. The average molecular weight is 298 g/mol. The third-order valence-corrected chi connectivity index (χ3v) is 5.05. The molecule has 20 heavy (non-hydrogen) atoms. The summed E-state index contributed by atoms with van der Waals surface area (Å²) < 4.78 is 25.0. The molecule has 1 aromatic rings. The first-order chi connectivity index (χ1) is 9.56. The molecule has 1 fully saturated rings. The van der Waals surface area contributed by atoms with Crippen LogP contribution in [0, 0.1) is 0 Å². The van der Waals surface area contributed by atoms with Crippen LogP contribution in [0.25, 0.3) is 0 Å². The SMILES string of the molecule is CCc1ccc(CO)cc1S(=O)(=O)NN1CCCCC1. The molecule has 5 nitrogen and oxygen atoms in total. The van der Waals surface area contributed by atoms with Crippen LogP contribution < -0.4 is 4.83 Å². The van der Waals surface area contributed by atoms with Gasteiger partial charge in [0.1, 0.15) is 0 Å². The standard InChI is InChI=1S/C14H22N2O3S/c1-2-13-7-6-12(11-17)10-14(13)20(18,19)15-16-8-4-3-5-9-16/h6-7,10,15,17H,2-5,8-9,11H2,1H3. The molecule has 1 aromatic carbocycles. The predicted molar refractivity (Wildman–Crippen MR) is 77.5 cm³/mol. The molecule has 0 amide bonds. The van der Waals surface area contributed by atoms with Gasteiger partial charge >= 0.3 is 0 Å². The summed E-state index contributed by atoms with van der Waals surface area (Å²) >= 11 is 0. The topological polar surface area (TPSA) is 69.6 Å². The molecule has 6 heteroatoms. The summed E-state index contributed by atoms with van der Waals surface area (Å²) in [5, 5.41) is 11.0. The highest BCUT2D eigenvalue weighted by Gasteiger charge is 2.22. The van der Waals surface area contributed by atoms with E-state index in [1.54, 1.807) is 23.2 Å². The number of nitrogens with zero attached hydrogens (tertiary/aromatic N) is 1. The van der Waals surface area contributed by atoms with Crippen LogP contribution in [0.1, 0.15) is 37.3 Å². The van der Waals surface area contributed by atoms with Gasteiger partial charge in [0.05, 0.1) is 11.5 Å². The van der Waals surface area contributed by atoms with E-state index in [1.807, 2.05) is 6.92 Å². The lowest BCUT2D eigenvalue weighted by molar-refractivity contribution is 0.200. The Bertz CT molecular complexity index is 552. The van der Waals surface area contributed by atoms with Gasteiger partial charge in [-0.1, -0.05) is 25.5 Å². The summed E-state index contributed by atoms with van der Waals surface area (Å²) in [6.07, 6.45) is 3.82. The zero-order valence-corrected chi connectivity index (χ0v) is 12.6. The Kier molecular flexibility index (Phi) is 5.15. The molecule has 1 aliphatic heterocycles. The van der Waals surface area contributed by atoms with Gasteiger partial charge in [0.2, 0.25) is 0 Å². The Hall–Kier alpha value is -0.950. The first-order valence-corrected chi connectivity index (χ1v) is 8.55. The molecule has 1 aliphatic rings. The van der Waals surface area contributed by atoms with Gasteiger partial charge in [0.15, 0.2) is 0 Å². The van der Waals surface area contributed by atoms with Gasteiger partial charge in [-0.3, -0.25) is 0 Å². The molecule has 0 saturated carbocycles. The zero-order chi connectivity index (χ0) is 14.6. The summed E-state index contributed by atoms with van der Waals surface area (Å²) in [7, 11) is -3.57. The van der Waals surface area contributed by atoms with E-state index in [-0.39, 0.29) is 11.5 Å². The molecule has 0 radical (unpaired) electrons. The summed E-state index contributed by atoms with van der Waals surface area (Å²) in [6, 6.07) is 5.10. The molecule has 0 atom stereocenters. The van der Waals surface area contributed by atoms with Gasteiger partial charge in [-0.25, -0.2) is 13.4 Å². The van der Waals surface area contributed by atoms with Crippen LogP contribution in [0.5, 0.6) is 0 Å². The third kappa shape index (κ3) is 3.58. The molecule has 0 bridgehead atoms. The molecule has 2 N–H and O–H groups in total. The lowest BCUT2D eigenvalue weighted by Crippen LogP contribution is -2.45. The quantitative estimate of drug-likeness (QED) is 0.862. The summed E-state index contributed by atoms with van der Waals surface area (Å²) in [6.45, 7) is 3.27. The van der Waals surface area contributed by atoms with Crippen molar-refractivity contribution in [3.05, 3.63) is 29.3 Å². The minimum Gasteiger partial charge on any atom is -0.392 e. The highest BCUT2D eigenvalue weighted by Crippen LogP contribution is 2.19. The molecule has 0 spiro atoms. The number of sulfonamides is 1. The maximum atomic E-state index is 12.5. The highest BCUT2D eigenvalue weighted by atomic mass is 32.2. The van der Waals surface area contributed by atoms with Gasteiger partial charge in [-0.2, -0.15) is 0 Å². The van der Waals surface area contributed by atoms with Gasteiger partial charge in [0, 0.05) is 13.1 Å². The minimum absolute atomic E-state index is 0.157. The van der Waals surface area contributed by atoms with Crippen LogP contribution >= 0.6 is 0 Å². The average Bonchev–Trinajstić information content (AvgIpc) is 2.47. The maximum absolute atomic E-state index is 12.5. The number of hydrogen-bond donors (Lipinski definition) is 2. The van der Waals surface area contributed by atoms with E-state index in [1.165, 1.54) is 0 Å². The van der Waals surface area contributed by atoms with Crippen molar-refractivity contribution >= 4 is 10.0 Å². The number of benzene rings is 1. The van der Waals surface area contributed by atoms with E-state index >= 15 is 0 Å². The monoisotopic (exact) mass is 298 g/mol. The molecule has 1 heterocycles. The van der Waals surface area contributed by atoms with Crippen LogP contribution in [0.2, 0.25) is 0 Å². The molecular formula is C14H22N2O3S. The Labute approximate surface area is 120 Å². The Morgan fingerprint density at radius 3 is 2.55 bits per heavy atom. The number of aryl methyl sites for hydroxylation is 1. The lowest BCUT2D eigenvalue weighted by atomic mass is 10.1. The van der Waals surface area contributed by atoms with Crippen LogP contribution in [-0.2, 0) is 23.1 Å². The molecule has 0 unspecified atom stereocenters. The fourth-order valence-corrected chi connectivity index (χ4v) is 3.93. The van der Waals surface area contributed by atoms with E-state index in [9.17, 15) is 13.5 Å². The van der Waals surface area contributed by atoms with Crippen molar-refractivity contribution in [1.29, 1.82) is 0 Å². The van der Waals surface area contributed by atoms with Crippen LogP contribution in [0.3, 0.4) is 0 Å². The second-order valence-corrected chi connectivity index (χ2v) is 6.73. The summed E-state index contributed by atoms with van der Waals surface area (Å²) in [5.41, 5.74) is 1.38. The molecule has 1 saturated heterocycles. The Morgan fingerprint density at radius 1 is 1.25 bits per heavy atom. The van der Waals surface area contributed by atoms with Gasteiger partial charge in [-0.05, 0) is 36.5 Å². The van der Waals surface area contributed by atoms with Crippen LogP contribution in [0.15, 0.2) is 23.1 Å². The zero-order valence-electron chi connectivity index (χ0n) is 11.8. The number of nitrogens with one attached hydrogen (secondary N) is 1. The first kappa shape index (κ1) is 15.4. The minimum atomic E-state index is -3.57. The van der Waals surface area contributed by atoms with E-state index in [0.29, 0.717) is 12.0 Å². The van der Waals surface area contributed by atoms with E-state index in [2.05, 4.69) is 4.83 Å². The van der Waals surface area contributed by atoms with Crippen molar-refractivity contribution in [3.63, 3.8) is 0 Å². The molecule has 0 aliphatic carbocycles. The highest BCUT2D eigenvalue weighted by molar-refractivity contribution is 7.89. The van der Waals surface area contributed by atoms with Crippen molar-refractivity contribution in [3.8, 4) is 0 Å².